The first-order chi connectivity index (χ1) is 19.9. The fourth-order valence-electron chi connectivity index (χ4n) is 6.80. The SMILES string of the molecule is O=C(Nc1cc2c(c(C3(O)CCC(F)(F)CC3)c1)OCC2)c1ccc(NS(=O)(=O)C2CC2)cc1N1CCC2(CC1)CC2. The number of carbonyl (C=O) groups is 1. The molecule has 1 saturated heterocycles. The summed E-state index contributed by atoms with van der Waals surface area (Å²) >= 11 is 0. The van der Waals surface area contributed by atoms with Crippen LogP contribution in [0.2, 0.25) is 0 Å². The average molecular weight is 602 g/mol. The van der Waals surface area contributed by atoms with Gasteiger partial charge in [-0.15, -0.1) is 0 Å². The molecule has 1 amide bonds. The molecule has 2 aromatic carbocycles. The quantitative estimate of drug-likeness (QED) is 0.384. The van der Waals surface area contributed by atoms with Gasteiger partial charge in [0.05, 0.1) is 34.4 Å². The summed E-state index contributed by atoms with van der Waals surface area (Å²) in [5, 5.41) is 14.1. The number of piperidine rings is 1. The van der Waals surface area contributed by atoms with E-state index in [9.17, 15) is 27.1 Å². The van der Waals surface area contributed by atoms with Crippen LogP contribution in [0.1, 0.15) is 85.7 Å². The van der Waals surface area contributed by atoms with Gasteiger partial charge in [0, 0.05) is 43.6 Å². The molecule has 7 rings (SSSR count). The fourth-order valence-corrected chi connectivity index (χ4v) is 8.18. The maximum absolute atomic E-state index is 13.9. The lowest BCUT2D eigenvalue weighted by molar-refractivity contribution is -0.107. The third kappa shape index (κ3) is 5.34. The molecule has 2 aliphatic heterocycles. The molecular weight excluding hydrogens is 564 g/mol. The number of rotatable bonds is 7. The highest BCUT2D eigenvalue weighted by Crippen LogP contribution is 2.54. The van der Waals surface area contributed by atoms with Crippen molar-refractivity contribution in [2.24, 2.45) is 5.41 Å². The molecule has 8 nitrogen and oxygen atoms in total. The van der Waals surface area contributed by atoms with Crippen molar-refractivity contribution in [1.29, 1.82) is 0 Å². The van der Waals surface area contributed by atoms with Gasteiger partial charge in [-0.25, -0.2) is 17.2 Å². The van der Waals surface area contributed by atoms with E-state index >= 15 is 0 Å². The molecule has 0 unspecified atom stereocenters. The highest BCUT2D eigenvalue weighted by Gasteiger charge is 2.46. The second-order valence-electron chi connectivity index (χ2n) is 13.0. The fraction of sp³-hybridized carbons (Fsp3) is 0.581. The van der Waals surface area contributed by atoms with Gasteiger partial charge in [0.1, 0.15) is 5.75 Å². The van der Waals surface area contributed by atoms with Crippen molar-refractivity contribution in [3.05, 3.63) is 47.0 Å². The molecule has 0 aromatic heterocycles. The first-order valence-corrected chi connectivity index (χ1v) is 16.6. The van der Waals surface area contributed by atoms with Crippen LogP contribution in [0.25, 0.3) is 0 Å². The summed E-state index contributed by atoms with van der Waals surface area (Å²) in [7, 11) is -3.46. The maximum Gasteiger partial charge on any atom is 0.257 e. The monoisotopic (exact) mass is 601 g/mol. The topological polar surface area (TPSA) is 108 Å². The number of fused-ring (bicyclic) bond motifs is 1. The van der Waals surface area contributed by atoms with Crippen LogP contribution in [-0.2, 0) is 22.0 Å². The van der Waals surface area contributed by atoms with Crippen molar-refractivity contribution in [3.63, 3.8) is 0 Å². The van der Waals surface area contributed by atoms with Crippen LogP contribution in [0.3, 0.4) is 0 Å². The number of alkyl halides is 2. The van der Waals surface area contributed by atoms with Gasteiger partial charge in [0.15, 0.2) is 0 Å². The molecule has 0 atom stereocenters. The van der Waals surface area contributed by atoms with E-state index < -0.39 is 34.4 Å². The molecule has 1 spiro atoms. The standard InChI is InChI=1S/C31H37F2N3O5S/c32-31(33)10-8-30(38,9-11-31)25-18-22(17-20-5-16-41-27(20)25)34-28(37)24-4-1-21(35-42(39,40)23-2-3-23)19-26(24)36-14-12-29(6-7-29)13-15-36/h1,4,17-19,23,35,38H,2-3,5-16H2,(H,34,37). The summed E-state index contributed by atoms with van der Waals surface area (Å²) in [6, 6.07) is 8.51. The number of hydrogen-bond donors (Lipinski definition) is 3. The van der Waals surface area contributed by atoms with E-state index in [1.54, 1.807) is 24.3 Å². The number of nitrogens with zero attached hydrogens (tertiary/aromatic N) is 1. The maximum atomic E-state index is 13.9. The minimum absolute atomic E-state index is 0.0912. The van der Waals surface area contributed by atoms with Gasteiger partial charge in [-0.05, 0) is 92.7 Å². The zero-order chi connectivity index (χ0) is 29.3. The lowest BCUT2D eigenvalue weighted by Gasteiger charge is -2.37. The smallest absolute Gasteiger partial charge is 0.257 e. The Morgan fingerprint density at radius 1 is 0.952 bits per heavy atom. The molecule has 0 radical (unpaired) electrons. The number of aliphatic hydroxyl groups is 1. The Kier molecular flexibility index (Phi) is 6.51. The van der Waals surface area contributed by atoms with Crippen molar-refractivity contribution in [2.45, 2.75) is 87.4 Å². The van der Waals surface area contributed by atoms with Crippen molar-refractivity contribution in [1.82, 2.24) is 0 Å². The van der Waals surface area contributed by atoms with Crippen molar-refractivity contribution in [3.8, 4) is 5.75 Å². The molecule has 11 heteroatoms. The van der Waals surface area contributed by atoms with Crippen LogP contribution in [-0.4, -0.2) is 50.3 Å². The highest BCUT2D eigenvalue weighted by atomic mass is 32.2. The molecule has 3 N–H and O–H groups in total. The second kappa shape index (κ2) is 9.80. The normalized spacial score (nSPS) is 23.6. The van der Waals surface area contributed by atoms with Gasteiger partial charge in [0.25, 0.3) is 5.91 Å². The number of hydrogen-bond acceptors (Lipinski definition) is 6. The summed E-state index contributed by atoms with van der Waals surface area (Å²) in [6.07, 6.45) is 5.46. The van der Waals surface area contributed by atoms with Crippen LogP contribution in [0.4, 0.5) is 25.8 Å². The zero-order valence-corrected chi connectivity index (χ0v) is 24.4. The number of benzene rings is 2. The lowest BCUT2D eigenvalue weighted by atomic mass is 9.77. The van der Waals surface area contributed by atoms with E-state index in [4.69, 9.17) is 4.74 Å². The van der Waals surface area contributed by atoms with E-state index in [1.165, 1.54) is 12.8 Å². The second-order valence-corrected chi connectivity index (χ2v) is 15.0. The van der Waals surface area contributed by atoms with Crippen molar-refractivity contribution in [2.75, 3.05) is 34.6 Å². The first-order valence-electron chi connectivity index (χ1n) is 15.1. The van der Waals surface area contributed by atoms with Crippen LogP contribution < -0.4 is 19.7 Å². The average Bonchev–Trinajstić information content (AvgIpc) is 3.89. The van der Waals surface area contributed by atoms with E-state index in [1.807, 2.05) is 6.07 Å². The number of anilines is 3. The molecule has 42 heavy (non-hydrogen) atoms. The number of halogens is 2. The summed E-state index contributed by atoms with van der Waals surface area (Å²) in [5.41, 5.74) is 2.23. The number of amides is 1. The summed E-state index contributed by atoms with van der Waals surface area (Å²) in [4.78, 5) is 16.0. The lowest BCUT2D eigenvalue weighted by Crippen LogP contribution is -2.36. The summed E-state index contributed by atoms with van der Waals surface area (Å²) < 4.78 is 61.7. The third-order valence-corrected chi connectivity index (χ3v) is 11.8. The molecule has 226 valence electrons. The largest absolute Gasteiger partial charge is 0.493 e. The number of carbonyl (C=O) groups excluding carboxylic acids is 1. The van der Waals surface area contributed by atoms with Gasteiger partial charge >= 0.3 is 0 Å². The number of nitrogens with one attached hydrogen (secondary N) is 2. The molecule has 4 fully saturated rings. The van der Waals surface area contributed by atoms with Gasteiger partial charge < -0.3 is 20.1 Å². The van der Waals surface area contributed by atoms with Crippen LogP contribution in [0.15, 0.2) is 30.3 Å². The van der Waals surface area contributed by atoms with E-state index in [0.29, 0.717) is 65.2 Å². The first kappa shape index (κ1) is 27.9. The zero-order valence-electron chi connectivity index (χ0n) is 23.6. The van der Waals surface area contributed by atoms with E-state index in [2.05, 4.69) is 14.9 Å². The Labute approximate surface area is 244 Å². The van der Waals surface area contributed by atoms with Gasteiger partial charge in [-0.1, -0.05) is 0 Å². The Bertz CT molecular complexity index is 1520. The van der Waals surface area contributed by atoms with Crippen LogP contribution in [0, 0.1) is 5.41 Å². The molecule has 0 bridgehead atoms. The molecular formula is C31H37F2N3O5S. The predicted octanol–water partition coefficient (Wildman–Crippen LogP) is 5.56. The molecule has 3 aliphatic carbocycles. The van der Waals surface area contributed by atoms with Gasteiger partial charge in [0.2, 0.25) is 15.9 Å². The minimum atomic E-state index is -3.46. The minimum Gasteiger partial charge on any atom is -0.493 e. The predicted molar refractivity (Wildman–Crippen MR) is 156 cm³/mol. The summed E-state index contributed by atoms with van der Waals surface area (Å²) in [5.74, 6) is -2.64. The third-order valence-electron chi connectivity index (χ3n) is 9.94. The van der Waals surface area contributed by atoms with Gasteiger partial charge in [-0.3, -0.25) is 9.52 Å². The Hall–Kier alpha value is -2.92. The molecule has 5 aliphatic rings. The Morgan fingerprint density at radius 3 is 2.33 bits per heavy atom. The van der Waals surface area contributed by atoms with Crippen molar-refractivity contribution >= 4 is 33.0 Å². The Morgan fingerprint density at radius 2 is 1.67 bits per heavy atom. The van der Waals surface area contributed by atoms with E-state index in [0.717, 1.165) is 31.5 Å². The highest BCUT2D eigenvalue weighted by molar-refractivity contribution is 7.93. The number of sulfonamides is 1. The van der Waals surface area contributed by atoms with Crippen molar-refractivity contribution < 1.29 is 31.8 Å². The van der Waals surface area contributed by atoms with Gasteiger partial charge in [-0.2, -0.15) is 0 Å². The molecule has 3 saturated carbocycles. The summed E-state index contributed by atoms with van der Waals surface area (Å²) in [6.45, 7) is 2.00. The molecule has 2 aromatic rings. The molecule has 2 heterocycles. The van der Waals surface area contributed by atoms with Crippen LogP contribution >= 0.6 is 0 Å². The number of ether oxygens (including phenoxy) is 1. The van der Waals surface area contributed by atoms with Crippen LogP contribution in [0.5, 0.6) is 5.75 Å². The van der Waals surface area contributed by atoms with E-state index in [-0.39, 0.29) is 24.0 Å². The Balaban J connectivity index is 1.18.